The Hall–Kier alpha value is -0.500. The van der Waals surface area contributed by atoms with Gasteiger partial charge in [0, 0.05) is 11.5 Å². The van der Waals surface area contributed by atoms with E-state index < -0.39 is 0 Å². The van der Waals surface area contributed by atoms with E-state index in [0.717, 1.165) is 47.8 Å². The van der Waals surface area contributed by atoms with Crippen LogP contribution in [-0.2, 0) is 0 Å². The van der Waals surface area contributed by atoms with Gasteiger partial charge in [-0.15, -0.1) is 0 Å². The summed E-state index contributed by atoms with van der Waals surface area (Å²) in [5.41, 5.74) is 0.120. The standard InChI is InChI=1S/C20H33NO/c1-20-11-10-16-15-7-5-14(21(2)3)12-13(15)4-6-17(16)18(20)8-9-19(20)22/h9,13-18,22H,4-8,10-12H2,1-3H3/t13-,14-,15-,16+,17+,18-,20-/m0/s1. The molecule has 0 aromatic carbocycles. The summed E-state index contributed by atoms with van der Waals surface area (Å²) in [6, 6.07) is 0.823. The van der Waals surface area contributed by atoms with Crippen molar-refractivity contribution in [3.63, 3.8) is 0 Å². The van der Waals surface area contributed by atoms with Crippen molar-refractivity contribution >= 4 is 0 Å². The Morgan fingerprint density at radius 3 is 2.59 bits per heavy atom. The molecule has 2 heteroatoms. The number of rotatable bonds is 1. The minimum atomic E-state index is 0.120. The molecule has 0 spiro atoms. The monoisotopic (exact) mass is 303 g/mol. The van der Waals surface area contributed by atoms with E-state index >= 15 is 0 Å². The van der Waals surface area contributed by atoms with Crippen LogP contribution in [0.25, 0.3) is 0 Å². The molecule has 3 saturated carbocycles. The summed E-state index contributed by atoms with van der Waals surface area (Å²) >= 11 is 0. The van der Waals surface area contributed by atoms with Gasteiger partial charge in [-0.1, -0.05) is 6.92 Å². The van der Waals surface area contributed by atoms with Gasteiger partial charge in [-0.05, 0) is 101 Å². The predicted octanol–water partition coefficient (Wildman–Crippen LogP) is 4.62. The topological polar surface area (TPSA) is 23.5 Å². The molecule has 0 bridgehead atoms. The lowest BCUT2D eigenvalue weighted by molar-refractivity contribution is -0.0607. The summed E-state index contributed by atoms with van der Waals surface area (Å²) in [6.45, 7) is 2.34. The second-order valence-electron chi connectivity index (χ2n) is 9.15. The Morgan fingerprint density at radius 1 is 1.05 bits per heavy atom. The second kappa shape index (κ2) is 5.26. The smallest absolute Gasteiger partial charge is 0.0944 e. The molecule has 0 aliphatic heterocycles. The van der Waals surface area contributed by atoms with E-state index in [9.17, 15) is 5.11 Å². The van der Waals surface area contributed by atoms with E-state index in [4.69, 9.17) is 0 Å². The maximum atomic E-state index is 10.4. The first-order valence-corrected chi connectivity index (χ1v) is 9.56. The Kier molecular flexibility index (Phi) is 3.60. The summed E-state index contributed by atoms with van der Waals surface area (Å²) in [5.74, 6) is 5.26. The molecule has 0 aromatic rings. The van der Waals surface area contributed by atoms with E-state index in [0.29, 0.717) is 0 Å². The van der Waals surface area contributed by atoms with Crippen molar-refractivity contribution in [3.8, 4) is 0 Å². The number of aliphatic hydroxyl groups excluding tert-OH is 1. The van der Waals surface area contributed by atoms with Gasteiger partial charge in [-0.25, -0.2) is 0 Å². The van der Waals surface area contributed by atoms with Gasteiger partial charge in [0.05, 0.1) is 5.76 Å². The van der Waals surface area contributed by atoms with Crippen LogP contribution in [0.1, 0.15) is 58.3 Å². The highest BCUT2D eigenvalue weighted by atomic mass is 16.3. The van der Waals surface area contributed by atoms with Crippen molar-refractivity contribution < 1.29 is 5.11 Å². The lowest BCUT2D eigenvalue weighted by atomic mass is 9.50. The number of allylic oxidation sites excluding steroid dienone is 2. The SMILES string of the molecule is CN(C)[C@H]1CC[C@H]2[C@@H](CC[C@@H]3[C@@H]2CC[C@]2(C)C(O)=CC[C@@H]32)C1. The van der Waals surface area contributed by atoms with Crippen molar-refractivity contribution in [2.24, 2.45) is 35.0 Å². The maximum absolute atomic E-state index is 10.4. The predicted molar refractivity (Wildman–Crippen MR) is 90.7 cm³/mol. The van der Waals surface area contributed by atoms with Crippen LogP contribution in [0, 0.1) is 35.0 Å². The van der Waals surface area contributed by atoms with Crippen molar-refractivity contribution in [2.45, 2.75) is 64.3 Å². The lowest BCUT2D eigenvalue weighted by Gasteiger charge is -2.55. The molecule has 4 rings (SSSR count). The summed E-state index contributed by atoms with van der Waals surface area (Å²) in [6.07, 6.45) is 13.0. The average molecular weight is 303 g/mol. The molecule has 4 aliphatic rings. The summed E-state index contributed by atoms with van der Waals surface area (Å²) in [5, 5.41) is 10.4. The van der Waals surface area contributed by atoms with E-state index in [1.54, 1.807) is 0 Å². The zero-order valence-electron chi connectivity index (χ0n) is 14.6. The Labute approximate surface area is 136 Å². The first-order chi connectivity index (χ1) is 10.5. The van der Waals surface area contributed by atoms with Gasteiger partial charge in [0.15, 0.2) is 0 Å². The number of fused-ring (bicyclic) bond motifs is 5. The number of aliphatic hydroxyl groups is 1. The van der Waals surface area contributed by atoms with Gasteiger partial charge < -0.3 is 10.0 Å². The van der Waals surface area contributed by atoms with Crippen LogP contribution in [0.2, 0.25) is 0 Å². The first kappa shape index (κ1) is 15.1. The largest absolute Gasteiger partial charge is 0.512 e. The van der Waals surface area contributed by atoms with E-state index in [1.165, 1.54) is 44.9 Å². The van der Waals surface area contributed by atoms with Crippen LogP contribution in [-0.4, -0.2) is 30.1 Å². The third-order valence-corrected chi connectivity index (χ3v) is 8.20. The fourth-order valence-corrected chi connectivity index (χ4v) is 6.84. The van der Waals surface area contributed by atoms with Crippen molar-refractivity contribution in [2.75, 3.05) is 14.1 Å². The van der Waals surface area contributed by atoms with Gasteiger partial charge in [-0.2, -0.15) is 0 Å². The number of hydrogen-bond acceptors (Lipinski definition) is 2. The van der Waals surface area contributed by atoms with Gasteiger partial charge >= 0.3 is 0 Å². The fraction of sp³-hybridized carbons (Fsp3) is 0.900. The van der Waals surface area contributed by atoms with E-state index in [-0.39, 0.29) is 5.41 Å². The van der Waals surface area contributed by atoms with Crippen LogP contribution in [0.15, 0.2) is 11.8 Å². The lowest BCUT2D eigenvalue weighted by Crippen LogP contribution is -2.49. The van der Waals surface area contributed by atoms with Crippen molar-refractivity contribution in [3.05, 3.63) is 11.8 Å². The van der Waals surface area contributed by atoms with Crippen molar-refractivity contribution in [1.29, 1.82) is 0 Å². The summed E-state index contributed by atoms with van der Waals surface area (Å²) in [7, 11) is 4.52. The molecule has 0 unspecified atom stereocenters. The molecule has 0 amide bonds. The first-order valence-electron chi connectivity index (χ1n) is 9.56. The minimum Gasteiger partial charge on any atom is -0.512 e. The molecule has 0 saturated heterocycles. The number of nitrogens with zero attached hydrogens (tertiary/aromatic N) is 1. The molecule has 4 aliphatic carbocycles. The van der Waals surface area contributed by atoms with Crippen LogP contribution in [0.3, 0.4) is 0 Å². The molecule has 0 radical (unpaired) electrons. The Bertz CT molecular complexity index is 470. The zero-order chi connectivity index (χ0) is 15.5. The molecule has 2 nitrogen and oxygen atoms in total. The third kappa shape index (κ3) is 2.09. The molecule has 7 atom stereocenters. The van der Waals surface area contributed by atoms with Crippen molar-refractivity contribution in [1.82, 2.24) is 4.90 Å². The quantitative estimate of drug-likeness (QED) is 0.764. The second-order valence-corrected chi connectivity index (χ2v) is 9.15. The van der Waals surface area contributed by atoms with Crippen LogP contribution in [0.4, 0.5) is 0 Å². The Balaban J connectivity index is 1.51. The molecule has 22 heavy (non-hydrogen) atoms. The molecular weight excluding hydrogens is 270 g/mol. The van der Waals surface area contributed by atoms with Gasteiger partial charge in [0.1, 0.15) is 0 Å². The van der Waals surface area contributed by atoms with E-state index in [2.05, 4.69) is 32.0 Å². The van der Waals surface area contributed by atoms with Crippen LogP contribution < -0.4 is 0 Å². The molecule has 0 heterocycles. The summed E-state index contributed by atoms with van der Waals surface area (Å²) in [4.78, 5) is 2.46. The van der Waals surface area contributed by atoms with E-state index in [1.807, 2.05) is 0 Å². The Morgan fingerprint density at radius 2 is 1.82 bits per heavy atom. The van der Waals surface area contributed by atoms with Crippen LogP contribution >= 0.6 is 0 Å². The molecular formula is C20H33NO. The fourth-order valence-electron chi connectivity index (χ4n) is 6.84. The van der Waals surface area contributed by atoms with Gasteiger partial charge in [0.25, 0.3) is 0 Å². The molecule has 3 fully saturated rings. The highest BCUT2D eigenvalue weighted by Crippen LogP contribution is 2.62. The normalized spacial score (nSPS) is 51.0. The highest BCUT2D eigenvalue weighted by molar-refractivity contribution is 5.19. The third-order valence-electron chi connectivity index (χ3n) is 8.20. The zero-order valence-corrected chi connectivity index (χ0v) is 14.6. The van der Waals surface area contributed by atoms with Gasteiger partial charge in [-0.3, -0.25) is 0 Å². The maximum Gasteiger partial charge on any atom is 0.0944 e. The molecule has 0 aromatic heterocycles. The van der Waals surface area contributed by atoms with Gasteiger partial charge in [0.2, 0.25) is 0 Å². The minimum absolute atomic E-state index is 0.120. The molecule has 124 valence electrons. The average Bonchev–Trinajstić information content (AvgIpc) is 2.82. The number of hydrogen-bond donors (Lipinski definition) is 1. The summed E-state index contributed by atoms with van der Waals surface area (Å²) < 4.78 is 0. The van der Waals surface area contributed by atoms with Crippen LogP contribution in [0.5, 0.6) is 0 Å². The molecule has 1 N–H and O–H groups in total. The highest BCUT2D eigenvalue weighted by Gasteiger charge is 2.55.